The maximum Gasteiger partial charge on any atom is 0.353 e. The Labute approximate surface area is 129 Å². The Kier molecular flexibility index (Phi) is 7.81. The topological polar surface area (TPSA) is 93.0 Å². The standard InChI is InChI=1S/C13H23N5O2S/c1-4-6-8-14-11-10(18(19)20)12(15-9-7-5-2)17-13(16-11)21-3/h4-9H2,1-3H3,(H2,14,15,16,17). The molecule has 0 aliphatic carbocycles. The molecule has 0 amide bonds. The molecule has 1 aromatic heterocycles. The van der Waals surface area contributed by atoms with E-state index in [4.69, 9.17) is 0 Å². The largest absolute Gasteiger partial charge is 0.364 e. The third kappa shape index (κ3) is 5.37. The zero-order valence-electron chi connectivity index (χ0n) is 12.8. The van der Waals surface area contributed by atoms with Crippen molar-refractivity contribution in [2.45, 2.75) is 44.7 Å². The van der Waals surface area contributed by atoms with Crippen LogP contribution in [0.25, 0.3) is 0 Å². The van der Waals surface area contributed by atoms with Gasteiger partial charge < -0.3 is 10.6 Å². The molecule has 0 bridgehead atoms. The molecule has 21 heavy (non-hydrogen) atoms. The number of nitrogens with zero attached hydrogens (tertiary/aromatic N) is 3. The van der Waals surface area contributed by atoms with Gasteiger partial charge in [-0.2, -0.15) is 9.97 Å². The van der Waals surface area contributed by atoms with Gasteiger partial charge in [-0.25, -0.2) is 0 Å². The molecule has 0 unspecified atom stereocenters. The van der Waals surface area contributed by atoms with Crippen molar-refractivity contribution < 1.29 is 4.92 Å². The maximum atomic E-state index is 11.3. The molecule has 0 aliphatic rings. The van der Waals surface area contributed by atoms with Gasteiger partial charge in [0.25, 0.3) is 0 Å². The minimum atomic E-state index is -0.424. The first-order valence-corrected chi connectivity index (χ1v) is 8.44. The molecule has 0 aromatic carbocycles. The number of hydrogen-bond acceptors (Lipinski definition) is 7. The van der Waals surface area contributed by atoms with E-state index in [9.17, 15) is 10.1 Å². The van der Waals surface area contributed by atoms with Crippen LogP contribution in [-0.2, 0) is 0 Å². The van der Waals surface area contributed by atoms with Crippen LogP contribution in [0.2, 0.25) is 0 Å². The van der Waals surface area contributed by atoms with Gasteiger partial charge in [-0.15, -0.1) is 0 Å². The normalized spacial score (nSPS) is 10.4. The Morgan fingerprint density at radius 1 is 1.10 bits per heavy atom. The summed E-state index contributed by atoms with van der Waals surface area (Å²) < 4.78 is 0. The minimum absolute atomic E-state index is 0.0694. The number of thioether (sulfide) groups is 1. The lowest BCUT2D eigenvalue weighted by Crippen LogP contribution is -2.12. The number of nitrogens with one attached hydrogen (secondary N) is 2. The molecular weight excluding hydrogens is 290 g/mol. The van der Waals surface area contributed by atoms with E-state index in [1.807, 2.05) is 6.26 Å². The summed E-state index contributed by atoms with van der Waals surface area (Å²) in [7, 11) is 0. The molecule has 7 nitrogen and oxygen atoms in total. The van der Waals surface area contributed by atoms with Gasteiger partial charge >= 0.3 is 5.69 Å². The van der Waals surface area contributed by atoms with E-state index in [0.717, 1.165) is 25.7 Å². The van der Waals surface area contributed by atoms with Crippen LogP contribution in [0.1, 0.15) is 39.5 Å². The fraction of sp³-hybridized carbons (Fsp3) is 0.692. The summed E-state index contributed by atoms with van der Waals surface area (Å²) in [6.07, 6.45) is 5.77. The van der Waals surface area contributed by atoms with E-state index in [1.165, 1.54) is 11.8 Å². The fourth-order valence-corrected chi connectivity index (χ4v) is 2.08. The van der Waals surface area contributed by atoms with Crippen LogP contribution in [-0.4, -0.2) is 34.2 Å². The number of hydrogen-bond donors (Lipinski definition) is 2. The summed E-state index contributed by atoms with van der Waals surface area (Å²) in [6.45, 7) is 5.47. The summed E-state index contributed by atoms with van der Waals surface area (Å²) in [5, 5.41) is 18.0. The van der Waals surface area contributed by atoms with E-state index in [1.54, 1.807) is 0 Å². The van der Waals surface area contributed by atoms with Crippen LogP contribution in [0, 0.1) is 10.1 Å². The lowest BCUT2D eigenvalue weighted by molar-refractivity contribution is -0.383. The van der Waals surface area contributed by atoms with Crippen LogP contribution in [0.3, 0.4) is 0 Å². The molecule has 118 valence electrons. The van der Waals surface area contributed by atoms with Crippen LogP contribution in [0.5, 0.6) is 0 Å². The molecule has 0 aliphatic heterocycles. The van der Waals surface area contributed by atoms with Gasteiger partial charge in [-0.05, 0) is 19.1 Å². The molecule has 1 rings (SSSR count). The lowest BCUT2D eigenvalue weighted by Gasteiger charge is -2.11. The third-order valence-corrected chi connectivity index (χ3v) is 3.42. The average molecular weight is 313 g/mol. The van der Waals surface area contributed by atoms with Crippen LogP contribution >= 0.6 is 11.8 Å². The van der Waals surface area contributed by atoms with Crippen molar-refractivity contribution in [2.75, 3.05) is 30.0 Å². The lowest BCUT2D eigenvalue weighted by atomic mass is 10.3. The predicted molar refractivity (Wildman–Crippen MR) is 87.3 cm³/mol. The first-order valence-electron chi connectivity index (χ1n) is 7.22. The number of anilines is 2. The van der Waals surface area contributed by atoms with Crippen molar-refractivity contribution in [3.8, 4) is 0 Å². The van der Waals surface area contributed by atoms with Crippen molar-refractivity contribution in [2.24, 2.45) is 0 Å². The molecule has 0 atom stereocenters. The molecular formula is C13H23N5O2S. The van der Waals surface area contributed by atoms with Gasteiger partial charge in [0.2, 0.25) is 11.6 Å². The second-order valence-electron chi connectivity index (χ2n) is 4.57. The van der Waals surface area contributed by atoms with Gasteiger partial charge in [-0.1, -0.05) is 38.5 Å². The van der Waals surface area contributed by atoms with Crippen molar-refractivity contribution in [1.82, 2.24) is 9.97 Å². The van der Waals surface area contributed by atoms with Crippen LogP contribution in [0.15, 0.2) is 5.16 Å². The van der Waals surface area contributed by atoms with E-state index >= 15 is 0 Å². The summed E-state index contributed by atoms with van der Waals surface area (Å²) in [5.74, 6) is 0.596. The third-order valence-electron chi connectivity index (χ3n) is 2.87. The monoisotopic (exact) mass is 313 g/mol. The van der Waals surface area contributed by atoms with Gasteiger partial charge in [0.15, 0.2) is 5.16 Å². The summed E-state index contributed by atoms with van der Waals surface area (Å²) in [5.41, 5.74) is -0.0694. The highest BCUT2D eigenvalue weighted by Crippen LogP contribution is 2.31. The van der Waals surface area contributed by atoms with E-state index in [-0.39, 0.29) is 5.69 Å². The smallest absolute Gasteiger partial charge is 0.353 e. The average Bonchev–Trinajstić information content (AvgIpc) is 2.47. The Balaban J connectivity index is 3.06. The number of unbranched alkanes of at least 4 members (excludes halogenated alkanes) is 2. The molecule has 8 heteroatoms. The molecule has 0 spiro atoms. The van der Waals surface area contributed by atoms with Crippen molar-refractivity contribution in [3.63, 3.8) is 0 Å². The summed E-state index contributed by atoms with van der Waals surface area (Å²) in [6, 6.07) is 0. The fourth-order valence-electron chi connectivity index (χ4n) is 1.71. The summed E-state index contributed by atoms with van der Waals surface area (Å²) in [4.78, 5) is 19.4. The van der Waals surface area contributed by atoms with Gasteiger partial charge in [-0.3, -0.25) is 10.1 Å². The van der Waals surface area contributed by atoms with E-state index in [0.29, 0.717) is 29.9 Å². The second kappa shape index (κ2) is 9.38. The zero-order chi connectivity index (χ0) is 15.7. The molecule has 0 saturated carbocycles. The number of rotatable bonds is 10. The highest BCUT2D eigenvalue weighted by Gasteiger charge is 2.24. The molecule has 0 radical (unpaired) electrons. The quantitative estimate of drug-likeness (QED) is 0.224. The van der Waals surface area contributed by atoms with Crippen LogP contribution in [0.4, 0.5) is 17.3 Å². The predicted octanol–water partition coefficient (Wildman–Crippen LogP) is 3.53. The first-order chi connectivity index (χ1) is 10.1. The Bertz CT molecular complexity index is 439. The highest BCUT2D eigenvalue weighted by atomic mass is 32.2. The van der Waals surface area contributed by atoms with E-state index < -0.39 is 4.92 Å². The molecule has 0 fully saturated rings. The highest BCUT2D eigenvalue weighted by molar-refractivity contribution is 7.98. The maximum absolute atomic E-state index is 11.3. The molecule has 2 N–H and O–H groups in total. The number of aromatic nitrogens is 2. The van der Waals surface area contributed by atoms with Crippen LogP contribution < -0.4 is 10.6 Å². The Morgan fingerprint density at radius 2 is 1.57 bits per heavy atom. The van der Waals surface area contributed by atoms with Gasteiger partial charge in [0.1, 0.15) is 0 Å². The Morgan fingerprint density at radius 3 is 1.90 bits per heavy atom. The molecule has 1 aromatic rings. The minimum Gasteiger partial charge on any atom is -0.364 e. The zero-order valence-corrected chi connectivity index (χ0v) is 13.6. The summed E-state index contributed by atoms with van der Waals surface area (Å²) >= 11 is 1.37. The van der Waals surface area contributed by atoms with Crippen molar-refractivity contribution >= 4 is 29.1 Å². The van der Waals surface area contributed by atoms with Crippen molar-refractivity contribution in [3.05, 3.63) is 10.1 Å². The van der Waals surface area contributed by atoms with Gasteiger partial charge in [0, 0.05) is 13.1 Å². The van der Waals surface area contributed by atoms with Gasteiger partial charge in [0.05, 0.1) is 4.92 Å². The SMILES string of the molecule is CCCCNc1nc(SC)nc(NCCCC)c1[N+](=O)[O-]. The first kappa shape index (κ1) is 17.5. The van der Waals surface area contributed by atoms with E-state index in [2.05, 4.69) is 34.4 Å². The number of nitro groups is 1. The molecule has 1 heterocycles. The second-order valence-corrected chi connectivity index (χ2v) is 5.35. The van der Waals surface area contributed by atoms with Crippen molar-refractivity contribution in [1.29, 1.82) is 0 Å². The molecule has 0 saturated heterocycles. The Hall–Kier alpha value is -1.57.